The van der Waals surface area contributed by atoms with Gasteiger partial charge in [-0.2, -0.15) is 0 Å². The van der Waals surface area contributed by atoms with Crippen LogP contribution in [0.5, 0.6) is 0 Å². The topological polar surface area (TPSA) is 55.4 Å². The highest BCUT2D eigenvalue weighted by atomic mass is 16.5. The summed E-state index contributed by atoms with van der Waals surface area (Å²) in [6, 6.07) is 7.41. The van der Waals surface area contributed by atoms with Crippen LogP contribution in [0.4, 0.5) is 5.69 Å². The molecule has 1 aromatic carbocycles. The molecule has 0 heterocycles. The molecule has 1 amide bonds. The van der Waals surface area contributed by atoms with E-state index >= 15 is 0 Å². The van der Waals surface area contributed by atoms with Gasteiger partial charge < -0.3 is 10.1 Å². The van der Waals surface area contributed by atoms with Crippen molar-refractivity contribution in [1.29, 1.82) is 0 Å². The average molecular weight is 233 g/mol. The first-order valence-electron chi connectivity index (χ1n) is 5.34. The summed E-state index contributed by atoms with van der Waals surface area (Å²) in [5.41, 5.74) is 1.75. The molecule has 0 bridgehead atoms. The molecule has 0 saturated heterocycles. The molecule has 4 nitrogen and oxygen atoms in total. The summed E-state index contributed by atoms with van der Waals surface area (Å²) in [5.74, 6) is -0.879. The number of ether oxygens (including phenoxy) is 1. The number of carbonyl (C=O) groups is 2. The maximum atomic E-state index is 11.4. The van der Waals surface area contributed by atoms with Crippen molar-refractivity contribution in [2.24, 2.45) is 0 Å². The Morgan fingerprint density at radius 3 is 2.76 bits per heavy atom. The molecule has 0 fully saturated rings. The number of carbonyl (C=O) groups excluding carboxylic acids is 2. The van der Waals surface area contributed by atoms with Gasteiger partial charge in [0.1, 0.15) is 0 Å². The number of hydrogen-bond acceptors (Lipinski definition) is 3. The summed E-state index contributed by atoms with van der Waals surface area (Å²) < 4.78 is 4.66. The number of esters is 1. The molecular weight excluding hydrogens is 218 g/mol. The Morgan fingerprint density at radius 1 is 1.35 bits per heavy atom. The van der Waals surface area contributed by atoms with E-state index in [9.17, 15) is 9.59 Å². The lowest BCUT2D eigenvalue weighted by Gasteiger charge is -2.02. The lowest BCUT2D eigenvalue weighted by molar-refractivity contribution is -0.137. The molecule has 0 aliphatic carbocycles. The van der Waals surface area contributed by atoms with E-state index in [0.29, 0.717) is 12.3 Å². The number of rotatable bonds is 4. The standard InChI is InChI=1S/C13H15NO3/c1-3-17-13(16)8-7-12(15)14-11-6-4-5-10(2)9-11/h4-9H,3H2,1-2H3,(H,14,15)/b8-7+. The molecule has 0 saturated carbocycles. The second-order valence-electron chi connectivity index (χ2n) is 3.44. The molecule has 0 radical (unpaired) electrons. The van der Waals surface area contributed by atoms with E-state index < -0.39 is 5.97 Å². The Hall–Kier alpha value is -2.10. The molecule has 1 aromatic rings. The molecule has 0 unspecified atom stereocenters. The van der Waals surface area contributed by atoms with E-state index in [1.165, 1.54) is 0 Å². The van der Waals surface area contributed by atoms with Crippen LogP contribution in [0.2, 0.25) is 0 Å². The zero-order valence-electron chi connectivity index (χ0n) is 9.90. The van der Waals surface area contributed by atoms with Crippen LogP contribution in [0, 0.1) is 6.92 Å². The van der Waals surface area contributed by atoms with E-state index in [1.807, 2.05) is 25.1 Å². The van der Waals surface area contributed by atoms with Crippen LogP contribution in [0.3, 0.4) is 0 Å². The van der Waals surface area contributed by atoms with Crippen LogP contribution < -0.4 is 5.32 Å². The number of nitrogens with one attached hydrogen (secondary N) is 1. The van der Waals surface area contributed by atoms with Gasteiger partial charge in [-0.3, -0.25) is 4.79 Å². The van der Waals surface area contributed by atoms with E-state index in [0.717, 1.165) is 17.7 Å². The third-order valence-corrected chi connectivity index (χ3v) is 1.94. The predicted octanol–water partition coefficient (Wildman–Crippen LogP) is 2.05. The summed E-state index contributed by atoms with van der Waals surface area (Å²) in [6.45, 7) is 3.94. The molecule has 17 heavy (non-hydrogen) atoms. The second-order valence-corrected chi connectivity index (χ2v) is 3.44. The predicted molar refractivity (Wildman–Crippen MR) is 65.6 cm³/mol. The SMILES string of the molecule is CCOC(=O)/C=C/C(=O)Nc1cccc(C)c1. The maximum Gasteiger partial charge on any atom is 0.330 e. The van der Waals surface area contributed by atoms with Crippen molar-refractivity contribution in [1.82, 2.24) is 0 Å². The number of amides is 1. The molecule has 0 atom stereocenters. The van der Waals surface area contributed by atoms with Crippen molar-refractivity contribution in [3.8, 4) is 0 Å². The van der Waals surface area contributed by atoms with Gasteiger partial charge in [0, 0.05) is 17.8 Å². The summed E-state index contributed by atoms with van der Waals surface area (Å²) in [7, 11) is 0. The van der Waals surface area contributed by atoms with E-state index in [2.05, 4.69) is 10.1 Å². The largest absolute Gasteiger partial charge is 0.463 e. The molecular formula is C13H15NO3. The number of hydrogen-bond donors (Lipinski definition) is 1. The minimum absolute atomic E-state index is 0.294. The van der Waals surface area contributed by atoms with Gasteiger partial charge in [0.05, 0.1) is 6.61 Å². The van der Waals surface area contributed by atoms with Crippen molar-refractivity contribution in [3.63, 3.8) is 0 Å². The van der Waals surface area contributed by atoms with Crippen molar-refractivity contribution in [2.75, 3.05) is 11.9 Å². The Labute approximate surface area is 100 Å². The van der Waals surface area contributed by atoms with Crippen molar-refractivity contribution in [2.45, 2.75) is 13.8 Å². The summed E-state index contributed by atoms with van der Waals surface area (Å²) >= 11 is 0. The van der Waals surface area contributed by atoms with Gasteiger partial charge in [-0.1, -0.05) is 12.1 Å². The fourth-order valence-electron chi connectivity index (χ4n) is 1.24. The van der Waals surface area contributed by atoms with E-state index in [4.69, 9.17) is 0 Å². The first kappa shape index (κ1) is 13.0. The normalized spacial score (nSPS) is 10.2. The van der Waals surface area contributed by atoms with Gasteiger partial charge in [-0.15, -0.1) is 0 Å². The highest BCUT2D eigenvalue weighted by molar-refractivity contribution is 6.02. The van der Waals surface area contributed by atoms with Gasteiger partial charge in [0.2, 0.25) is 5.91 Å². The molecule has 1 rings (SSSR count). The van der Waals surface area contributed by atoms with Gasteiger partial charge in [0.15, 0.2) is 0 Å². The number of aryl methyl sites for hydroxylation is 1. The zero-order chi connectivity index (χ0) is 12.7. The smallest absolute Gasteiger partial charge is 0.330 e. The fourth-order valence-corrected chi connectivity index (χ4v) is 1.24. The number of anilines is 1. The first-order chi connectivity index (χ1) is 8.11. The van der Waals surface area contributed by atoms with Crippen LogP contribution in [0.15, 0.2) is 36.4 Å². The van der Waals surface area contributed by atoms with Crippen LogP contribution >= 0.6 is 0 Å². The third kappa shape index (κ3) is 4.97. The molecule has 4 heteroatoms. The van der Waals surface area contributed by atoms with E-state index in [1.54, 1.807) is 13.0 Å². The maximum absolute atomic E-state index is 11.4. The minimum Gasteiger partial charge on any atom is -0.463 e. The highest BCUT2D eigenvalue weighted by Gasteiger charge is 1.99. The summed E-state index contributed by atoms with van der Waals surface area (Å²) in [6.07, 6.45) is 2.26. The molecule has 1 N–H and O–H groups in total. The lowest BCUT2D eigenvalue weighted by Crippen LogP contribution is -2.09. The van der Waals surface area contributed by atoms with Crippen molar-refractivity contribution in [3.05, 3.63) is 42.0 Å². The highest BCUT2D eigenvalue weighted by Crippen LogP contribution is 2.09. The average Bonchev–Trinajstić information content (AvgIpc) is 2.27. The third-order valence-electron chi connectivity index (χ3n) is 1.94. The molecule has 0 aliphatic heterocycles. The zero-order valence-corrected chi connectivity index (χ0v) is 9.90. The number of benzene rings is 1. The molecule has 90 valence electrons. The molecule has 0 spiro atoms. The van der Waals surface area contributed by atoms with Crippen molar-refractivity contribution >= 4 is 17.6 Å². The Bertz CT molecular complexity index is 438. The van der Waals surface area contributed by atoms with Crippen LogP contribution in [-0.2, 0) is 14.3 Å². The Kier molecular flexibility index (Phi) is 4.94. The van der Waals surface area contributed by atoms with Gasteiger partial charge in [-0.05, 0) is 31.5 Å². The summed E-state index contributed by atoms with van der Waals surface area (Å²) in [5, 5.41) is 2.65. The second kappa shape index (κ2) is 6.48. The lowest BCUT2D eigenvalue weighted by atomic mass is 10.2. The summed E-state index contributed by atoms with van der Waals surface area (Å²) in [4.78, 5) is 22.4. The minimum atomic E-state index is -0.521. The van der Waals surface area contributed by atoms with Crippen LogP contribution in [0.25, 0.3) is 0 Å². The first-order valence-corrected chi connectivity index (χ1v) is 5.34. The Morgan fingerprint density at radius 2 is 2.12 bits per heavy atom. The molecule has 0 aliphatic rings. The van der Waals surface area contributed by atoms with Crippen LogP contribution in [-0.4, -0.2) is 18.5 Å². The van der Waals surface area contributed by atoms with E-state index in [-0.39, 0.29) is 5.91 Å². The monoisotopic (exact) mass is 233 g/mol. The fraction of sp³-hybridized carbons (Fsp3) is 0.231. The molecule has 0 aromatic heterocycles. The Balaban J connectivity index is 2.53. The van der Waals surface area contributed by atoms with Gasteiger partial charge in [0.25, 0.3) is 0 Å². The van der Waals surface area contributed by atoms with Gasteiger partial charge in [-0.25, -0.2) is 4.79 Å². The van der Waals surface area contributed by atoms with Gasteiger partial charge >= 0.3 is 5.97 Å². The van der Waals surface area contributed by atoms with Crippen molar-refractivity contribution < 1.29 is 14.3 Å². The van der Waals surface area contributed by atoms with Crippen LogP contribution in [0.1, 0.15) is 12.5 Å². The quantitative estimate of drug-likeness (QED) is 0.639.